The molecule has 0 fully saturated rings. The third-order valence-corrected chi connectivity index (χ3v) is 4.95. The number of carbonyl (C=O) groups excluding carboxylic acids is 1. The maximum atomic E-state index is 12.7. The fourth-order valence-corrected chi connectivity index (χ4v) is 3.54. The van der Waals surface area contributed by atoms with Gasteiger partial charge in [-0.1, -0.05) is 54.6 Å². The summed E-state index contributed by atoms with van der Waals surface area (Å²) in [5, 5.41) is 16.8. The van der Waals surface area contributed by atoms with Gasteiger partial charge in [-0.25, -0.2) is 4.79 Å². The summed E-state index contributed by atoms with van der Waals surface area (Å²) in [6.07, 6.45) is 3.67. The molecule has 0 aliphatic heterocycles. The maximum Gasteiger partial charge on any atom is 0.330 e. The molecule has 27 heavy (non-hydrogen) atoms. The summed E-state index contributed by atoms with van der Waals surface area (Å²) < 4.78 is 1.67. The molecule has 1 heterocycles. The highest BCUT2D eigenvalue weighted by molar-refractivity contribution is 5.98. The number of rotatable bonds is 5. The van der Waals surface area contributed by atoms with Crippen LogP contribution in [0, 0.1) is 0 Å². The van der Waals surface area contributed by atoms with Crippen molar-refractivity contribution in [2.45, 2.75) is 24.9 Å². The predicted octanol–water partition coefficient (Wildman–Crippen LogP) is 2.28. The van der Waals surface area contributed by atoms with Gasteiger partial charge in [-0.15, -0.1) is 0 Å². The summed E-state index contributed by atoms with van der Waals surface area (Å²) in [4.78, 5) is 24.7. The summed E-state index contributed by atoms with van der Waals surface area (Å²) in [6.45, 7) is 0.545. The van der Waals surface area contributed by atoms with Crippen LogP contribution in [-0.2, 0) is 24.2 Å². The molecule has 0 spiro atoms. The normalized spacial score (nSPS) is 14.5. The Hall–Kier alpha value is -3.41. The molecule has 3 aromatic rings. The van der Waals surface area contributed by atoms with Crippen LogP contribution >= 0.6 is 0 Å². The number of carboxylic acid groups (broad SMARTS) is 1. The van der Waals surface area contributed by atoms with E-state index in [1.165, 1.54) is 6.20 Å². The van der Waals surface area contributed by atoms with Gasteiger partial charge >= 0.3 is 5.97 Å². The van der Waals surface area contributed by atoms with E-state index in [0.717, 1.165) is 16.7 Å². The first-order valence-electron chi connectivity index (χ1n) is 8.75. The number of aliphatic carboxylic acids is 1. The molecule has 6 heteroatoms. The third kappa shape index (κ3) is 3.33. The molecule has 4 rings (SSSR count). The number of carbonyl (C=O) groups is 2. The highest BCUT2D eigenvalue weighted by Crippen LogP contribution is 2.30. The van der Waals surface area contributed by atoms with Gasteiger partial charge in [0.05, 0.1) is 18.3 Å². The van der Waals surface area contributed by atoms with Gasteiger partial charge in [0.25, 0.3) is 5.91 Å². The lowest BCUT2D eigenvalue weighted by molar-refractivity contribution is -0.144. The number of nitrogens with zero attached hydrogens (tertiary/aromatic N) is 2. The second kappa shape index (κ2) is 6.72. The molecule has 0 unspecified atom stereocenters. The third-order valence-electron chi connectivity index (χ3n) is 4.95. The summed E-state index contributed by atoms with van der Waals surface area (Å²) in [6, 6.07) is 17.4. The first-order chi connectivity index (χ1) is 13.1. The lowest BCUT2D eigenvalue weighted by Crippen LogP contribution is -2.55. The number of fused-ring (bicyclic) bond motifs is 1. The van der Waals surface area contributed by atoms with E-state index in [2.05, 4.69) is 10.4 Å². The lowest BCUT2D eigenvalue weighted by atomic mass is 9.95. The van der Waals surface area contributed by atoms with Crippen LogP contribution in [0.1, 0.15) is 27.0 Å². The van der Waals surface area contributed by atoms with E-state index < -0.39 is 17.4 Å². The van der Waals surface area contributed by atoms with Crippen molar-refractivity contribution in [2.75, 3.05) is 0 Å². The fourth-order valence-electron chi connectivity index (χ4n) is 3.54. The average molecular weight is 361 g/mol. The van der Waals surface area contributed by atoms with Gasteiger partial charge in [-0.2, -0.15) is 5.10 Å². The molecule has 0 radical (unpaired) electrons. The lowest BCUT2D eigenvalue weighted by Gasteiger charge is -2.25. The monoisotopic (exact) mass is 361 g/mol. The zero-order valence-electron chi connectivity index (χ0n) is 14.6. The topological polar surface area (TPSA) is 84.2 Å². The number of benzene rings is 2. The van der Waals surface area contributed by atoms with Crippen molar-refractivity contribution in [1.82, 2.24) is 15.1 Å². The van der Waals surface area contributed by atoms with Gasteiger partial charge in [0, 0.05) is 19.0 Å². The van der Waals surface area contributed by atoms with Crippen LogP contribution in [0.5, 0.6) is 0 Å². The highest BCUT2D eigenvalue weighted by Gasteiger charge is 2.45. The van der Waals surface area contributed by atoms with E-state index in [1.54, 1.807) is 10.9 Å². The SMILES string of the molecule is O=C(NC1(C(=O)O)Cc2ccccc2C1)c1cnn(Cc2ccccc2)c1. The van der Waals surface area contributed by atoms with Gasteiger partial charge in [-0.3, -0.25) is 9.48 Å². The molecule has 6 nitrogen and oxygen atoms in total. The smallest absolute Gasteiger partial charge is 0.330 e. The van der Waals surface area contributed by atoms with Crippen molar-refractivity contribution in [1.29, 1.82) is 0 Å². The first-order valence-corrected chi connectivity index (χ1v) is 8.75. The summed E-state index contributed by atoms with van der Waals surface area (Å²) in [5.41, 5.74) is 2.02. The molecule has 1 amide bonds. The molecule has 2 aromatic carbocycles. The minimum Gasteiger partial charge on any atom is -0.479 e. The molecule has 0 saturated heterocycles. The number of nitrogens with one attached hydrogen (secondary N) is 1. The zero-order valence-corrected chi connectivity index (χ0v) is 14.6. The van der Waals surface area contributed by atoms with E-state index >= 15 is 0 Å². The summed E-state index contributed by atoms with van der Waals surface area (Å²) in [7, 11) is 0. The standard InChI is InChI=1S/C21H19N3O3/c25-19(18-12-22-24(14-18)13-15-6-2-1-3-7-15)23-21(20(26)27)10-16-8-4-5-9-17(16)11-21/h1-9,12,14H,10-11,13H2,(H,23,25)(H,26,27). The zero-order chi connectivity index (χ0) is 18.9. The predicted molar refractivity (Wildman–Crippen MR) is 99.5 cm³/mol. The van der Waals surface area contributed by atoms with Gasteiger partial charge in [0.1, 0.15) is 5.54 Å². The number of amides is 1. The Balaban J connectivity index is 1.51. The van der Waals surface area contributed by atoms with Crippen LogP contribution in [0.4, 0.5) is 0 Å². The maximum absolute atomic E-state index is 12.7. The number of hydrogen-bond acceptors (Lipinski definition) is 3. The Morgan fingerprint density at radius 3 is 2.30 bits per heavy atom. The van der Waals surface area contributed by atoms with Gasteiger partial charge in [0.2, 0.25) is 0 Å². The van der Waals surface area contributed by atoms with Crippen LogP contribution in [0.15, 0.2) is 67.0 Å². The number of carboxylic acids is 1. The Labute approximate surface area is 156 Å². The van der Waals surface area contributed by atoms with Crippen LogP contribution in [0.3, 0.4) is 0 Å². The quantitative estimate of drug-likeness (QED) is 0.730. The van der Waals surface area contributed by atoms with E-state index in [4.69, 9.17) is 0 Å². The van der Waals surface area contributed by atoms with E-state index in [9.17, 15) is 14.7 Å². The van der Waals surface area contributed by atoms with Crippen LogP contribution in [-0.4, -0.2) is 32.3 Å². The van der Waals surface area contributed by atoms with Crippen molar-refractivity contribution >= 4 is 11.9 Å². The minimum absolute atomic E-state index is 0.280. The van der Waals surface area contributed by atoms with Crippen molar-refractivity contribution in [3.8, 4) is 0 Å². The highest BCUT2D eigenvalue weighted by atomic mass is 16.4. The Kier molecular flexibility index (Phi) is 4.24. The molecule has 0 bridgehead atoms. The van der Waals surface area contributed by atoms with Gasteiger partial charge < -0.3 is 10.4 Å². The average Bonchev–Trinajstić information content (AvgIpc) is 3.27. The van der Waals surface area contributed by atoms with Crippen molar-refractivity contribution in [3.05, 3.63) is 89.2 Å². The summed E-state index contributed by atoms with van der Waals surface area (Å²) >= 11 is 0. The molecule has 0 atom stereocenters. The Morgan fingerprint density at radius 2 is 1.67 bits per heavy atom. The molecule has 136 valence electrons. The molecular formula is C21H19N3O3. The molecule has 1 aromatic heterocycles. The van der Waals surface area contributed by atoms with Gasteiger partial charge in [-0.05, 0) is 16.7 Å². The van der Waals surface area contributed by atoms with E-state index in [0.29, 0.717) is 12.1 Å². The van der Waals surface area contributed by atoms with E-state index in [1.807, 2.05) is 54.6 Å². The second-order valence-electron chi connectivity index (χ2n) is 6.88. The largest absolute Gasteiger partial charge is 0.479 e. The van der Waals surface area contributed by atoms with Crippen LogP contribution in [0.25, 0.3) is 0 Å². The molecule has 0 saturated carbocycles. The van der Waals surface area contributed by atoms with Crippen LogP contribution < -0.4 is 5.32 Å². The minimum atomic E-state index is -1.32. The molecule has 1 aliphatic rings. The Bertz CT molecular complexity index is 970. The second-order valence-corrected chi connectivity index (χ2v) is 6.88. The molecular weight excluding hydrogens is 342 g/mol. The molecule has 1 aliphatic carbocycles. The van der Waals surface area contributed by atoms with Crippen LogP contribution in [0.2, 0.25) is 0 Å². The summed E-state index contributed by atoms with van der Waals surface area (Å²) in [5.74, 6) is -1.45. The number of hydrogen-bond donors (Lipinski definition) is 2. The first kappa shape index (κ1) is 17.0. The molecule has 2 N–H and O–H groups in total. The number of aromatic nitrogens is 2. The fraction of sp³-hybridized carbons (Fsp3) is 0.190. The van der Waals surface area contributed by atoms with E-state index in [-0.39, 0.29) is 12.8 Å². The van der Waals surface area contributed by atoms with Gasteiger partial charge in [0.15, 0.2) is 0 Å². The Morgan fingerprint density at radius 1 is 1.04 bits per heavy atom. The van der Waals surface area contributed by atoms with Crippen molar-refractivity contribution < 1.29 is 14.7 Å². The van der Waals surface area contributed by atoms with Crippen molar-refractivity contribution in [3.63, 3.8) is 0 Å². The van der Waals surface area contributed by atoms with Crippen molar-refractivity contribution in [2.24, 2.45) is 0 Å².